The molecule has 2 aromatic carbocycles. The van der Waals surface area contributed by atoms with E-state index in [4.69, 9.17) is 27.6 Å². The summed E-state index contributed by atoms with van der Waals surface area (Å²) in [6.45, 7) is 3.71. The third-order valence-corrected chi connectivity index (χ3v) is 5.32. The number of anilines is 1. The molecule has 0 aliphatic carbocycles. The second-order valence-corrected chi connectivity index (χ2v) is 7.44. The van der Waals surface area contributed by atoms with Crippen LogP contribution >= 0.6 is 23.2 Å². The fraction of sp³-hybridized carbons (Fsp3) is 0.250. The number of halogens is 3. The minimum absolute atomic E-state index is 0.110. The van der Waals surface area contributed by atoms with Crippen molar-refractivity contribution in [3.63, 3.8) is 0 Å². The molecule has 0 saturated carbocycles. The molecule has 27 heavy (non-hydrogen) atoms. The maximum atomic E-state index is 13.1. The van der Waals surface area contributed by atoms with Crippen LogP contribution in [0.25, 0.3) is 11.0 Å². The molecule has 0 bridgehead atoms. The van der Waals surface area contributed by atoms with Crippen molar-refractivity contribution in [2.75, 3.05) is 31.1 Å². The molecule has 1 aliphatic heterocycles. The van der Waals surface area contributed by atoms with Crippen molar-refractivity contribution in [2.45, 2.75) is 6.54 Å². The fourth-order valence-electron chi connectivity index (χ4n) is 3.37. The van der Waals surface area contributed by atoms with E-state index in [2.05, 4.69) is 9.80 Å². The molecular weight excluding hydrogens is 390 g/mol. The largest absolute Gasteiger partial charge is 0.462 e. The Morgan fingerprint density at radius 1 is 1.04 bits per heavy atom. The zero-order chi connectivity index (χ0) is 19.0. The summed E-state index contributed by atoms with van der Waals surface area (Å²) in [7, 11) is 0. The molecule has 140 valence electrons. The van der Waals surface area contributed by atoms with Crippen molar-refractivity contribution in [2.24, 2.45) is 0 Å². The van der Waals surface area contributed by atoms with E-state index in [0.29, 0.717) is 33.1 Å². The van der Waals surface area contributed by atoms with E-state index in [1.807, 2.05) is 0 Å². The fourth-order valence-corrected chi connectivity index (χ4v) is 3.91. The Morgan fingerprint density at radius 3 is 2.44 bits per heavy atom. The molecule has 3 aromatic rings. The second-order valence-electron chi connectivity index (χ2n) is 6.59. The molecule has 7 heteroatoms. The van der Waals surface area contributed by atoms with Crippen LogP contribution in [-0.4, -0.2) is 31.1 Å². The first-order valence-electron chi connectivity index (χ1n) is 8.63. The van der Waals surface area contributed by atoms with Crippen molar-refractivity contribution in [3.8, 4) is 0 Å². The summed E-state index contributed by atoms with van der Waals surface area (Å²) >= 11 is 12.1. The summed E-state index contributed by atoms with van der Waals surface area (Å²) in [5, 5.41) is 1.13. The van der Waals surface area contributed by atoms with Crippen LogP contribution in [0.1, 0.15) is 5.56 Å². The summed E-state index contributed by atoms with van der Waals surface area (Å²) in [5.41, 5.74) is 1.83. The zero-order valence-corrected chi connectivity index (χ0v) is 15.9. The van der Waals surface area contributed by atoms with E-state index in [9.17, 15) is 9.18 Å². The average molecular weight is 407 g/mol. The highest BCUT2D eigenvalue weighted by Crippen LogP contribution is 2.26. The number of hydrogen-bond acceptors (Lipinski definition) is 4. The van der Waals surface area contributed by atoms with E-state index in [1.165, 1.54) is 18.4 Å². The number of piperazine rings is 1. The minimum atomic E-state index is -0.236. The SMILES string of the molecule is O=c1c(CN2CCN(c3ccc(F)cc3)CC2)coc2c(Cl)cc(Cl)cc12. The Bertz CT molecular complexity index is 1030. The van der Waals surface area contributed by atoms with Crippen LogP contribution in [0.4, 0.5) is 10.1 Å². The summed E-state index contributed by atoms with van der Waals surface area (Å²) < 4.78 is 18.7. The Kier molecular flexibility index (Phi) is 5.08. The third-order valence-electron chi connectivity index (χ3n) is 4.82. The van der Waals surface area contributed by atoms with Crippen LogP contribution in [0, 0.1) is 5.82 Å². The van der Waals surface area contributed by atoms with Gasteiger partial charge in [0.2, 0.25) is 0 Å². The maximum absolute atomic E-state index is 13.1. The molecule has 1 fully saturated rings. The van der Waals surface area contributed by atoms with Gasteiger partial charge in [-0.25, -0.2) is 4.39 Å². The Hall–Kier alpha value is -2.08. The quantitative estimate of drug-likeness (QED) is 0.638. The van der Waals surface area contributed by atoms with Crippen LogP contribution in [0.3, 0.4) is 0 Å². The van der Waals surface area contributed by atoms with Crippen LogP contribution < -0.4 is 10.3 Å². The molecule has 1 saturated heterocycles. The Balaban J connectivity index is 1.48. The van der Waals surface area contributed by atoms with Crippen LogP contribution in [-0.2, 0) is 6.54 Å². The van der Waals surface area contributed by atoms with Gasteiger partial charge in [-0.2, -0.15) is 0 Å². The van der Waals surface area contributed by atoms with Crippen LogP contribution in [0.15, 0.2) is 51.9 Å². The normalized spacial score (nSPS) is 15.4. The lowest BCUT2D eigenvalue weighted by molar-refractivity contribution is 0.247. The predicted octanol–water partition coefficient (Wildman–Crippen LogP) is 4.56. The molecular formula is C20H17Cl2FN2O2. The van der Waals surface area contributed by atoms with Gasteiger partial charge in [0.15, 0.2) is 11.0 Å². The van der Waals surface area contributed by atoms with Crippen LogP contribution in [0.5, 0.6) is 0 Å². The molecule has 0 N–H and O–H groups in total. The highest BCUT2D eigenvalue weighted by atomic mass is 35.5. The zero-order valence-electron chi connectivity index (χ0n) is 14.4. The standard InChI is InChI=1S/C20H17Cl2FN2O2/c21-14-9-17-19(26)13(12-27-20(17)18(22)10-14)11-24-5-7-25(8-6-24)16-3-1-15(23)2-4-16/h1-4,9-10,12H,5-8,11H2. The van der Waals surface area contributed by atoms with Crippen LogP contribution in [0.2, 0.25) is 10.0 Å². The molecule has 0 atom stereocenters. The summed E-state index contributed by atoms with van der Waals surface area (Å²) in [4.78, 5) is 17.2. The molecule has 1 aliphatic rings. The van der Waals surface area contributed by atoms with Gasteiger partial charge in [-0.05, 0) is 36.4 Å². The minimum Gasteiger partial charge on any atom is -0.462 e. The lowest BCUT2D eigenvalue weighted by atomic mass is 10.1. The van der Waals surface area contributed by atoms with E-state index in [-0.39, 0.29) is 11.2 Å². The van der Waals surface area contributed by atoms with Crippen molar-refractivity contribution < 1.29 is 8.81 Å². The number of benzene rings is 2. The van der Waals surface area contributed by atoms with Gasteiger partial charge < -0.3 is 9.32 Å². The predicted molar refractivity (Wildman–Crippen MR) is 106 cm³/mol. The molecule has 0 spiro atoms. The highest BCUT2D eigenvalue weighted by molar-refractivity contribution is 6.38. The first-order valence-corrected chi connectivity index (χ1v) is 9.39. The van der Waals surface area contributed by atoms with E-state index >= 15 is 0 Å². The first kappa shape index (κ1) is 18.3. The van der Waals surface area contributed by atoms with Gasteiger partial charge in [0.1, 0.15) is 5.82 Å². The van der Waals surface area contributed by atoms with Crippen molar-refractivity contribution >= 4 is 39.9 Å². The summed E-state index contributed by atoms with van der Waals surface area (Å²) in [6, 6.07) is 9.66. The highest BCUT2D eigenvalue weighted by Gasteiger charge is 2.19. The first-order chi connectivity index (χ1) is 13.0. The molecule has 0 unspecified atom stereocenters. The molecule has 2 heterocycles. The number of hydrogen-bond donors (Lipinski definition) is 0. The van der Waals surface area contributed by atoms with E-state index < -0.39 is 0 Å². The monoisotopic (exact) mass is 406 g/mol. The number of rotatable bonds is 3. The summed E-state index contributed by atoms with van der Waals surface area (Å²) in [6.07, 6.45) is 1.48. The van der Waals surface area contributed by atoms with Crippen molar-refractivity contribution in [3.05, 3.63) is 74.3 Å². The summed E-state index contributed by atoms with van der Waals surface area (Å²) in [5.74, 6) is -0.236. The number of fused-ring (bicyclic) bond motifs is 1. The van der Waals surface area contributed by atoms with Gasteiger partial charge in [0.25, 0.3) is 0 Å². The molecule has 0 radical (unpaired) electrons. The maximum Gasteiger partial charge on any atom is 0.197 e. The molecule has 4 rings (SSSR count). The Morgan fingerprint density at radius 2 is 1.74 bits per heavy atom. The van der Waals surface area contributed by atoms with E-state index in [0.717, 1.165) is 31.9 Å². The molecule has 0 amide bonds. The van der Waals surface area contributed by atoms with Crippen molar-refractivity contribution in [1.82, 2.24) is 4.90 Å². The van der Waals surface area contributed by atoms with Crippen molar-refractivity contribution in [1.29, 1.82) is 0 Å². The lowest BCUT2D eigenvalue weighted by Gasteiger charge is -2.36. The molecule has 1 aromatic heterocycles. The number of nitrogens with zero attached hydrogens (tertiary/aromatic N) is 2. The Labute approximate surface area is 165 Å². The topological polar surface area (TPSA) is 36.7 Å². The van der Waals surface area contributed by atoms with Gasteiger partial charge in [-0.1, -0.05) is 23.2 Å². The average Bonchev–Trinajstić information content (AvgIpc) is 2.66. The van der Waals surface area contributed by atoms with Gasteiger partial charge in [0, 0.05) is 49.0 Å². The van der Waals surface area contributed by atoms with Gasteiger partial charge in [-0.15, -0.1) is 0 Å². The third kappa shape index (κ3) is 3.81. The smallest absolute Gasteiger partial charge is 0.197 e. The van der Waals surface area contributed by atoms with Gasteiger partial charge in [0.05, 0.1) is 16.7 Å². The second kappa shape index (κ2) is 7.50. The van der Waals surface area contributed by atoms with E-state index in [1.54, 1.807) is 24.3 Å². The lowest BCUT2D eigenvalue weighted by Crippen LogP contribution is -2.46. The molecule has 4 nitrogen and oxygen atoms in total. The van der Waals surface area contributed by atoms with Gasteiger partial charge in [-0.3, -0.25) is 9.69 Å². The van der Waals surface area contributed by atoms with Gasteiger partial charge >= 0.3 is 0 Å².